The SMILES string of the molecule is CC(C)CCNC(=O)CNC(C)c1cccc(F)c1. The lowest BCUT2D eigenvalue weighted by Gasteiger charge is -2.14. The zero-order chi connectivity index (χ0) is 14.3. The summed E-state index contributed by atoms with van der Waals surface area (Å²) in [6, 6.07) is 6.36. The molecule has 0 spiro atoms. The van der Waals surface area contributed by atoms with Gasteiger partial charge in [-0.3, -0.25) is 4.79 Å². The number of hydrogen-bond acceptors (Lipinski definition) is 2. The van der Waals surface area contributed by atoms with Crippen LogP contribution in [0.3, 0.4) is 0 Å². The number of carbonyl (C=O) groups is 1. The van der Waals surface area contributed by atoms with Gasteiger partial charge in [0.2, 0.25) is 5.91 Å². The van der Waals surface area contributed by atoms with Crippen molar-refractivity contribution in [3.8, 4) is 0 Å². The fraction of sp³-hybridized carbons (Fsp3) is 0.533. The van der Waals surface area contributed by atoms with E-state index in [1.165, 1.54) is 12.1 Å². The summed E-state index contributed by atoms with van der Waals surface area (Å²) in [6.07, 6.45) is 0.977. The highest BCUT2D eigenvalue weighted by molar-refractivity contribution is 5.77. The standard InChI is InChI=1S/C15H23FN2O/c1-11(2)7-8-17-15(19)10-18-12(3)13-5-4-6-14(16)9-13/h4-6,9,11-12,18H,7-8,10H2,1-3H3,(H,17,19). The van der Waals surface area contributed by atoms with Crippen LogP contribution in [0.25, 0.3) is 0 Å². The Morgan fingerprint density at radius 3 is 2.68 bits per heavy atom. The number of nitrogens with one attached hydrogen (secondary N) is 2. The lowest BCUT2D eigenvalue weighted by atomic mass is 10.1. The van der Waals surface area contributed by atoms with Gasteiger partial charge in [0.1, 0.15) is 5.82 Å². The van der Waals surface area contributed by atoms with E-state index >= 15 is 0 Å². The van der Waals surface area contributed by atoms with Gasteiger partial charge in [-0.15, -0.1) is 0 Å². The fourth-order valence-electron chi connectivity index (χ4n) is 1.70. The summed E-state index contributed by atoms with van der Waals surface area (Å²) in [5.41, 5.74) is 0.843. The molecule has 1 aromatic rings. The van der Waals surface area contributed by atoms with Crippen LogP contribution in [0.1, 0.15) is 38.8 Å². The first-order valence-corrected chi connectivity index (χ1v) is 6.74. The van der Waals surface area contributed by atoms with Crippen molar-refractivity contribution in [1.82, 2.24) is 10.6 Å². The highest BCUT2D eigenvalue weighted by atomic mass is 19.1. The van der Waals surface area contributed by atoms with E-state index in [1.54, 1.807) is 6.07 Å². The van der Waals surface area contributed by atoms with Gasteiger partial charge in [0.05, 0.1) is 6.54 Å². The number of benzene rings is 1. The predicted octanol–water partition coefficient (Wildman–Crippen LogP) is 2.64. The van der Waals surface area contributed by atoms with Gasteiger partial charge < -0.3 is 10.6 Å². The molecule has 0 heterocycles. The predicted molar refractivity (Wildman–Crippen MR) is 75.3 cm³/mol. The molecule has 19 heavy (non-hydrogen) atoms. The topological polar surface area (TPSA) is 41.1 Å². The molecule has 1 unspecified atom stereocenters. The average Bonchev–Trinajstić information content (AvgIpc) is 2.35. The van der Waals surface area contributed by atoms with E-state index in [0.717, 1.165) is 12.0 Å². The summed E-state index contributed by atoms with van der Waals surface area (Å²) >= 11 is 0. The first-order valence-electron chi connectivity index (χ1n) is 6.74. The molecule has 1 aromatic carbocycles. The van der Waals surface area contributed by atoms with E-state index in [1.807, 2.05) is 13.0 Å². The van der Waals surface area contributed by atoms with Gasteiger partial charge in [0.15, 0.2) is 0 Å². The van der Waals surface area contributed by atoms with Crippen LogP contribution in [-0.4, -0.2) is 19.0 Å². The number of amides is 1. The van der Waals surface area contributed by atoms with Crippen molar-refractivity contribution in [3.05, 3.63) is 35.6 Å². The van der Waals surface area contributed by atoms with E-state index < -0.39 is 0 Å². The van der Waals surface area contributed by atoms with Crippen molar-refractivity contribution in [1.29, 1.82) is 0 Å². The second-order valence-corrected chi connectivity index (χ2v) is 5.19. The summed E-state index contributed by atoms with van der Waals surface area (Å²) in [7, 11) is 0. The summed E-state index contributed by atoms with van der Waals surface area (Å²) in [5, 5.41) is 5.94. The second kappa shape index (κ2) is 7.89. The average molecular weight is 266 g/mol. The Kier molecular flexibility index (Phi) is 6.50. The Bertz CT molecular complexity index is 407. The minimum Gasteiger partial charge on any atom is -0.355 e. The first kappa shape index (κ1) is 15.6. The smallest absolute Gasteiger partial charge is 0.233 e. The third-order valence-corrected chi connectivity index (χ3v) is 2.96. The number of hydrogen-bond donors (Lipinski definition) is 2. The monoisotopic (exact) mass is 266 g/mol. The van der Waals surface area contributed by atoms with E-state index in [-0.39, 0.29) is 24.3 Å². The number of carbonyl (C=O) groups excluding carboxylic acids is 1. The quantitative estimate of drug-likeness (QED) is 0.796. The zero-order valence-electron chi connectivity index (χ0n) is 11.9. The largest absolute Gasteiger partial charge is 0.355 e. The molecule has 0 aliphatic carbocycles. The normalized spacial score (nSPS) is 12.5. The van der Waals surface area contributed by atoms with Crippen molar-refractivity contribution < 1.29 is 9.18 Å². The van der Waals surface area contributed by atoms with Crippen LogP contribution in [-0.2, 0) is 4.79 Å². The molecular formula is C15H23FN2O. The van der Waals surface area contributed by atoms with Crippen LogP contribution in [0.2, 0.25) is 0 Å². The molecule has 4 heteroatoms. The molecule has 0 fully saturated rings. The Balaban J connectivity index is 2.30. The van der Waals surface area contributed by atoms with Crippen LogP contribution in [0.4, 0.5) is 4.39 Å². The molecule has 0 saturated carbocycles. The minimum absolute atomic E-state index is 0.0242. The van der Waals surface area contributed by atoms with Crippen molar-refractivity contribution in [2.24, 2.45) is 5.92 Å². The Morgan fingerprint density at radius 2 is 2.05 bits per heavy atom. The zero-order valence-corrected chi connectivity index (χ0v) is 11.9. The summed E-state index contributed by atoms with van der Waals surface area (Å²) < 4.78 is 13.1. The maximum atomic E-state index is 13.1. The van der Waals surface area contributed by atoms with Crippen LogP contribution >= 0.6 is 0 Å². The molecule has 3 nitrogen and oxygen atoms in total. The highest BCUT2D eigenvalue weighted by Gasteiger charge is 2.08. The fourth-order valence-corrected chi connectivity index (χ4v) is 1.70. The summed E-state index contributed by atoms with van der Waals surface area (Å²) in [5.74, 6) is 0.302. The summed E-state index contributed by atoms with van der Waals surface area (Å²) in [4.78, 5) is 11.6. The van der Waals surface area contributed by atoms with Gasteiger partial charge >= 0.3 is 0 Å². The maximum absolute atomic E-state index is 13.1. The van der Waals surface area contributed by atoms with Gasteiger partial charge in [0, 0.05) is 12.6 Å². The Morgan fingerprint density at radius 1 is 1.32 bits per heavy atom. The van der Waals surface area contributed by atoms with Crippen molar-refractivity contribution in [3.63, 3.8) is 0 Å². The highest BCUT2D eigenvalue weighted by Crippen LogP contribution is 2.12. The van der Waals surface area contributed by atoms with Crippen LogP contribution in [0, 0.1) is 11.7 Å². The van der Waals surface area contributed by atoms with Gasteiger partial charge in [0.25, 0.3) is 0 Å². The van der Waals surface area contributed by atoms with Crippen LogP contribution in [0.5, 0.6) is 0 Å². The second-order valence-electron chi connectivity index (χ2n) is 5.19. The molecule has 0 aliphatic rings. The maximum Gasteiger partial charge on any atom is 0.233 e. The van der Waals surface area contributed by atoms with Crippen LogP contribution in [0.15, 0.2) is 24.3 Å². The van der Waals surface area contributed by atoms with Crippen molar-refractivity contribution >= 4 is 5.91 Å². The lowest BCUT2D eigenvalue weighted by Crippen LogP contribution is -2.35. The minimum atomic E-state index is -0.257. The van der Waals surface area contributed by atoms with E-state index in [4.69, 9.17) is 0 Å². The number of rotatable bonds is 7. The molecule has 1 rings (SSSR count). The molecule has 0 aromatic heterocycles. The van der Waals surface area contributed by atoms with Gasteiger partial charge in [-0.05, 0) is 37.0 Å². The van der Waals surface area contributed by atoms with Gasteiger partial charge in [-0.25, -0.2) is 4.39 Å². The molecular weight excluding hydrogens is 243 g/mol. The third kappa shape index (κ3) is 6.34. The molecule has 106 valence electrons. The van der Waals surface area contributed by atoms with E-state index in [2.05, 4.69) is 24.5 Å². The Labute approximate surface area is 114 Å². The van der Waals surface area contributed by atoms with Gasteiger partial charge in [-0.2, -0.15) is 0 Å². The number of halogens is 1. The molecule has 0 aliphatic heterocycles. The van der Waals surface area contributed by atoms with Crippen molar-refractivity contribution in [2.75, 3.05) is 13.1 Å². The van der Waals surface area contributed by atoms with Crippen molar-refractivity contribution in [2.45, 2.75) is 33.2 Å². The van der Waals surface area contributed by atoms with Gasteiger partial charge in [-0.1, -0.05) is 26.0 Å². The molecule has 1 amide bonds. The molecule has 0 radical (unpaired) electrons. The molecule has 0 bridgehead atoms. The lowest BCUT2D eigenvalue weighted by molar-refractivity contribution is -0.120. The Hall–Kier alpha value is -1.42. The third-order valence-electron chi connectivity index (χ3n) is 2.96. The van der Waals surface area contributed by atoms with E-state index in [9.17, 15) is 9.18 Å². The first-order chi connectivity index (χ1) is 8.99. The van der Waals surface area contributed by atoms with E-state index in [0.29, 0.717) is 12.5 Å². The summed E-state index contributed by atoms with van der Waals surface area (Å²) in [6.45, 7) is 7.10. The molecule has 2 N–H and O–H groups in total. The molecule has 1 atom stereocenters. The molecule has 0 saturated heterocycles. The van der Waals surface area contributed by atoms with Crippen LogP contribution < -0.4 is 10.6 Å².